The lowest BCUT2D eigenvalue weighted by atomic mass is 9.90. The Morgan fingerprint density at radius 1 is 0.656 bits per heavy atom. The van der Waals surface area contributed by atoms with Gasteiger partial charge in [-0.3, -0.25) is 43.2 Å². The first kappa shape index (κ1) is 55.8. The van der Waals surface area contributed by atoms with Gasteiger partial charge in [0.25, 0.3) is 0 Å². The normalized spacial score (nSPS) is 13.0. The van der Waals surface area contributed by atoms with Crippen molar-refractivity contribution in [2.75, 3.05) is 31.2 Å². The molecule has 1 aromatic carbocycles. The minimum absolute atomic E-state index is 0.0459. The maximum absolute atomic E-state index is 13.6. The predicted molar refractivity (Wildman–Crippen MR) is 226 cm³/mol. The number of hydrogen-bond donors (Lipinski definition) is 10. The summed E-state index contributed by atoms with van der Waals surface area (Å²) in [4.78, 5) is 145. The Labute approximate surface area is 374 Å². The molecule has 0 aliphatic heterocycles. The summed E-state index contributed by atoms with van der Waals surface area (Å²) in [5.41, 5.74) is 0.568. The molecule has 0 unspecified atom stereocenters. The number of ketones is 2. The molecule has 0 saturated carbocycles. The molecule has 23 nitrogen and oxygen atoms in total. The van der Waals surface area contributed by atoms with Crippen molar-refractivity contribution in [3.8, 4) is 0 Å². The van der Waals surface area contributed by atoms with Crippen molar-refractivity contribution >= 4 is 92.7 Å². The fourth-order valence-corrected chi connectivity index (χ4v) is 7.49. The average molecular weight is 944 g/mol. The Kier molecular flexibility index (Phi) is 26.8. The van der Waals surface area contributed by atoms with Crippen LogP contribution in [0.1, 0.15) is 70.3 Å². The van der Waals surface area contributed by atoms with Gasteiger partial charge in [-0.25, -0.2) is 14.4 Å². The number of carboxylic acids is 5. The molecule has 5 amide bonds. The zero-order valence-electron chi connectivity index (χ0n) is 34.7. The Balaban J connectivity index is 2.92. The molecular weight excluding hydrogens is 891 g/mol. The molecule has 64 heavy (non-hydrogen) atoms. The van der Waals surface area contributed by atoms with Gasteiger partial charge in [-0.2, -0.15) is 0 Å². The van der Waals surface area contributed by atoms with E-state index in [1.54, 1.807) is 30.3 Å². The molecule has 0 bridgehead atoms. The fourth-order valence-electron chi connectivity index (χ4n) is 5.51. The molecule has 0 aliphatic carbocycles. The maximum atomic E-state index is 13.6. The number of benzene rings is 1. The summed E-state index contributed by atoms with van der Waals surface area (Å²) >= 11 is 0. The van der Waals surface area contributed by atoms with Crippen LogP contribution in [-0.2, 0) is 63.9 Å². The zero-order valence-corrected chi connectivity index (χ0v) is 36.4. The number of urea groups is 1. The first-order valence-electron chi connectivity index (χ1n) is 19.7. The van der Waals surface area contributed by atoms with Gasteiger partial charge in [0.1, 0.15) is 31.0 Å². The van der Waals surface area contributed by atoms with Crippen LogP contribution in [0.4, 0.5) is 4.79 Å². The Morgan fingerprint density at radius 2 is 1.33 bits per heavy atom. The topological polar surface area (TPSA) is 375 Å². The summed E-state index contributed by atoms with van der Waals surface area (Å²) < 4.78 is 4.95. The van der Waals surface area contributed by atoms with Gasteiger partial charge in [0.2, 0.25) is 17.7 Å². The third-order valence-corrected chi connectivity index (χ3v) is 11.2. The molecule has 0 aliphatic rings. The first-order valence-corrected chi connectivity index (χ1v) is 22.2. The molecule has 0 spiro atoms. The number of esters is 1. The van der Waals surface area contributed by atoms with Gasteiger partial charge >= 0.3 is 41.8 Å². The third kappa shape index (κ3) is 25.6. The number of amides is 5. The van der Waals surface area contributed by atoms with E-state index in [9.17, 15) is 78.0 Å². The van der Waals surface area contributed by atoms with E-state index in [0.717, 1.165) is 21.6 Å². The van der Waals surface area contributed by atoms with Gasteiger partial charge in [-0.1, -0.05) is 51.9 Å². The summed E-state index contributed by atoms with van der Waals surface area (Å²) in [5.74, 6) is -14.2. The van der Waals surface area contributed by atoms with E-state index in [4.69, 9.17) is 9.84 Å². The van der Waals surface area contributed by atoms with Crippen molar-refractivity contribution < 1.29 is 87.8 Å². The first-order chi connectivity index (χ1) is 30.2. The standard InChI is InChI=1S/C39H53N5O18S2/c1-22(45)41-20-34(53)62-14-15-63-64-21-29(38(59)60)43-35(54)25(16-23-6-3-2-4-7-23)18-30(47)28(19-33(51)52)42-31(48)12-9-24(36(55)56)17-26(46)10-11-27(37(57)58)44-39(61)40-13-5-8-32(49)50/h2-4,6-7,24-25,27-29H,5,8-21H2,1H3,(H,41,45)(H,42,48)(H,43,54)(H,49,50)(H,51,52)(H,55,56)(H,57,58)(H,59,60)(H2,40,44,61)/t24-,25-,27+,28+,29+/m1/s1. The van der Waals surface area contributed by atoms with Gasteiger partial charge < -0.3 is 56.9 Å². The van der Waals surface area contributed by atoms with E-state index in [-0.39, 0.29) is 50.5 Å². The second-order valence-electron chi connectivity index (χ2n) is 14.1. The SMILES string of the molecule is CC(=O)NCC(=O)OCCSSC[C@H](NC(=O)[C@@H](CC(=O)[C@H](CC(=O)O)NC(=O)CC[C@H](CC(=O)CC[C@H](NC(=O)NCCCC(=O)O)C(=O)O)C(=O)O)Cc1ccccc1)C(=O)O. The van der Waals surface area contributed by atoms with Crippen LogP contribution < -0.4 is 26.6 Å². The van der Waals surface area contributed by atoms with Crippen molar-refractivity contribution in [2.45, 2.75) is 89.3 Å². The second-order valence-corrected chi connectivity index (χ2v) is 16.7. The second kappa shape index (κ2) is 30.7. The Hall–Kier alpha value is -6.24. The lowest BCUT2D eigenvalue weighted by Gasteiger charge is -2.22. The van der Waals surface area contributed by atoms with Crippen LogP contribution in [0.3, 0.4) is 0 Å². The molecular formula is C39H53N5O18S2. The van der Waals surface area contributed by atoms with Crippen molar-refractivity contribution in [1.82, 2.24) is 26.6 Å². The zero-order chi connectivity index (χ0) is 48.2. The number of Topliss-reactive ketones (excluding diaryl/α,β-unsaturated/α-hetero) is 2. The lowest BCUT2D eigenvalue weighted by Crippen LogP contribution is -2.48. The maximum Gasteiger partial charge on any atom is 0.327 e. The predicted octanol–water partition coefficient (Wildman–Crippen LogP) is 0.232. The molecule has 354 valence electrons. The Bertz CT molecular complexity index is 1820. The number of carboxylic acid groups (broad SMARTS) is 5. The fraction of sp³-hybridized carbons (Fsp3) is 0.538. The molecule has 0 radical (unpaired) electrons. The highest BCUT2D eigenvalue weighted by atomic mass is 33.1. The van der Waals surface area contributed by atoms with Crippen LogP contribution >= 0.6 is 21.6 Å². The van der Waals surface area contributed by atoms with Crippen LogP contribution in [0, 0.1) is 11.8 Å². The largest absolute Gasteiger partial charge is 0.481 e. The summed E-state index contributed by atoms with van der Waals surface area (Å²) in [7, 11) is 2.19. The minimum Gasteiger partial charge on any atom is -0.481 e. The number of carbonyl (C=O) groups is 12. The van der Waals surface area contributed by atoms with Gasteiger partial charge in [0.05, 0.1) is 18.4 Å². The third-order valence-electron chi connectivity index (χ3n) is 8.80. The van der Waals surface area contributed by atoms with Gasteiger partial charge in [-0.15, -0.1) is 0 Å². The molecule has 0 heterocycles. The number of rotatable bonds is 34. The van der Waals surface area contributed by atoms with E-state index < -0.39 is 146 Å². The summed E-state index contributed by atoms with van der Waals surface area (Å²) in [6, 6.07) is 2.66. The van der Waals surface area contributed by atoms with Crippen molar-refractivity contribution in [2.24, 2.45) is 11.8 Å². The van der Waals surface area contributed by atoms with E-state index in [2.05, 4.69) is 26.6 Å². The molecule has 1 rings (SSSR count). The van der Waals surface area contributed by atoms with Gasteiger partial charge in [0, 0.05) is 63.0 Å². The number of hydrogen-bond acceptors (Lipinski definition) is 15. The molecule has 1 aromatic rings. The van der Waals surface area contributed by atoms with Crippen LogP contribution in [0.2, 0.25) is 0 Å². The number of nitrogens with one attached hydrogen (secondary N) is 5. The van der Waals surface area contributed by atoms with Gasteiger partial charge in [0.15, 0.2) is 5.78 Å². The van der Waals surface area contributed by atoms with Crippen LogP contribution in [0.15, 0.2) is 30.3 Å². The van der Waals surface area contributed by atoms with E-state index >= 15 is 0 Å². The number of carbonyl (C=O) groups excluding carboxylic acids is 7. The van der Waals surface area contributed by atoms with E-state index in [0.29, 0.717) is 5.56 Å². The summed E-state index contributed by atoms with van der Waals surface area (Å²) in [6.45, 7) is 0.796. The van der Waals surface area contributed by atoms with Crippen molar-refractivity contribution in [3.63, 3.8) is 0 Å². The van der Waals surface area contributed by atoms with Crippen LogP contribution in [0.25, 0.3) is 0 Å². The molecule has 0 fully saturated rings. The number of ether oxygens (including phenoxy) is 1. The van der Waals surface area contributed by atoms with Gasteiger partial charge in [-0.05, 0) is 31.2 Å². The minimum atomic E-state index is -1.70. The lowest BCUT2D eigenvalue weighted by molar-refractivity contribution is -0.145. The smallest absolute Gasteiger partial charge is 0.327 e. The number of aliphatic carboxylic acids is 5. The highest BCUT2D eigenvalue weighted by Gasteiger charge is 2.32. The molecule has 0 aromatic heterocycles. The highest BCUT2D eigenvalue weighted by Crippen LogP contribution is 2.23. The van der Waals surface area contributed by atoms with Crippen molar-refractivity contribution in [1.29, 1.82) is 0 Å². The Morgan fingerprint density at radius 3 is 1.92 bits per heavy atom. The molecule has 0 saturated heterocycles. The molecule has 5 atom stereocenters. The average Bonchev–Trinajstić information content (AvgIpc) is 3.21. The molecule has 10 N–H and O–H groups in total. The van der Waals surface area contributed by atoms with Crippen LogP contribution in [0.5, 0.6) is 0 Å². The monoisotopic (exact) mass is 943 g/mol. The summed E-state index contributed by atoms with van der Waals surface area (Å²) in [5, 5.41) is 58.6. The molecule has 25 heteroatoms. The van der Waals surface area contributed by atoms with E-state index in [1.807, 2.05) is 0 Å². The van der Waals surface area contributed by atoms with E-state index in [1.165, 1.54) is 6.92 Å². The highest BCUT2D eigenvalue weighted by molar-refractivity contribution is 8.76. The summed E-state index contributed by atoms with van der Waals surface area (Å²) in [6.07, 6.45) is -4.45. The van der Waals surface area contributed by atoms with Crippen LogP contribution in [-0.4, -0.2) is 146 Å². The van der Waals surface area contributed by atoms with Crippen molar-refractivity contribution in [3.05, 3.63) is 35.9 Å². The quantitative estimate of drug-likeness (QED) is 0.0251.